The molecule has 1 aliphatic heterocycles. The number of hydrogen-bond acceptors (Lipinski definition) is 7. The largest absolute Gasteiger partial charge is 0.493 e. The first-order valence-electron chi connectivity index (χ1n) is 9.02. The standard InChI is InChI=1S/C22H17FN2O3S2/c1-27-17-10-13(5-6-16(17)28-12-14-3-2-4-15(23)9-14)11-18-20(26)19(21(24)30-18)22-25-7-8-29-22/h2-11,19,24H,12H2,1H3/b18-11-,24-21?/t19-/m1/s1. The van der Waals surface area contributed by atoms with Gasteiger partial charge in [0.1, 0.15) is 23.3 Å². The highest BCUT2D eigenvalue weighted by molar-refractivity contribution is 8.19. The molecule has 3 aromatic rings. The Balaban J connectivity index is 1.53. The van der Waals surface area contributed by atoms with Gasteiger partial charge in [-0.3, -0.25) is 10.2 Å². The zero-order valence-corrected chi connectivity index (χ0v) is 17.6. The number of rotatable bonds is 6. The van der Waals surface area contributed by atoms with E-state index in [1.807, 2.05) is 6.07 Å². The Morgan fingerprint density at radius 2 is 2.10 bits per heavy atom. The first kappa shape index (κ1) is 20.3. The predicted molar refractivity (Wildman–Crippen MR) is 117 cm³/mol. The maximum Gasteiger partial charge on any atom is 0.186 e. The molecule has 1 atom stereocenters. The molecule has 0 saturated carbocycles. The van der Waals surface area contributed by atoms with Crippen molar-refractivity contribution in [2.75, 3.05) is 7.11 Å². The molecule has 0 radical (unpaired) electrons. The second-order valence-electron chi connectivity index (χ2n) is 6.47. The van der Waals surface area contributed by atoms with Gasteiger partial charge in [0.25, 0.3) is 0 Å². The summed E-state index contributed by atoms with van der Waals surface area (Å²) >= 11 is 2.53. The quantitative estimate of drug-likeness (QED) is 0.528. The molecule has 2 heterocycles. The van der Waals surface area contributed by atoms with Crippen LogP contribution in [0.25, 0.3) is 6.08 Å². The molecule has 0 amide bonds. The van der Waals surface area contributed by atoms with Gasteiger partial charge in [-0.15, -0.1) is 11.3 Å². The number of Topliss-reactive ketones (excluding diaryl/α,β-unsaturated/α-hetero) is 1. The van der Waals surface area contributed by atoms with Crippen molar-refractivity contribution < 1.29 is 18.7 Å². The summed E-state index contributed by atoms with van der Waals surface area (Å²) in [6, 6.07) is 11.5. The highest BCUT2D eigenvalue weighted by atomic mass is 32.2. The van der Waals surface area contributed by atoms with Crippen molar-refractivity contribution in [3.63, 3.8) is 0 Å². The molecule has 0 unspecified atom stereocenters. The van der Waals surface area contributed by atoms with Gasteiger partial charge in [-0.2, -0.15) is 0 Å². The molecule has 5 nitrogen and oxygen atoms in total. The Kier molecular flexibility index (Phi) is 5.96. The van der Waals surface area contributed by atoms with Crippen LogP contribution in [0.15, 0.2) is 58.9 Å². The Morgan fingerprint density at radius 3 is 2.83 bits per heavy atom. The van der Waals surface area contributed by atoms with Gasteiger partial charge in [0, 0.05) is 11.6 Å². The molecule has 1 aromatic heterocycles. The summed E-state index contributed by atoms with van der Waals surface area (Å²) in [6.45, 7) is 0.204. The van der Waals surface area contributed by atoms with Gasteiger partial charge >= 0.3 is 0 Å². The number of aromatic nitrogens is 1. The van der Waals surface area contributed by atoms with Gasteiger partial charge in [-0.1, -0.05) is 30.0 Å². The minimum absolute atomic E-state index is 0.120. The van der Waals surface area contributed by atoms with Gasteiger partial charge in [-0.25, -0.2) is 9.37 Å². The average Bonchev–Trinajstić information content (AvgIpc) is 3.35. The molecule has 152 valence electrons. The maximum atomic E-state index is 13.3. The molecule has 8 heteroatoms. The lowest BCUT2D eigenvalue weighted by Crippen LogP contribution is -2.11. The van der Waals surface area contributed by atoms with Crippen molar-refractivity contribution in [1.29, 1.82) is 5.41 Å². The molecule has 1 fully saturated rings. The second kappa shape index (κ2) is 8.81. The van der Waals surface area contributed by atoms with E-state index in [1.54, 1.807) is 41.9 Å². The Bertz CT molecular complexity index is 1130. The van der Waals surface area contributed by atoms with Gasteiger partial charge in [0.05, 0.1) is 17.1 Å². The fraction of sp³-hybridized carbons (Fsp3) is 0.136. The number of ether oxygens (including phenoxy) is 2. The third-order valence-corrected chi connectivity index (χ3v) is 6.29. The number of allylic oxidation sites excluding steroid dienone is 1. The summed E-state index contributed by atoms with van der Waals surface area (Å²) in [6.07, 6.45) is 3.38. The number of nitrogens with zero attached hydrogens (tertiary/aromatic N) is 1. The van der Waals surface area contributed by atoms with E-state index in [4.69, 9.17) is 14.9 Å². The first-order chi connectivity index (χ1) is 14.5. The highest BCUT2D eigenvalue weighted by Gasteiger charge is 2.38. The van der Waals surface area contributed by atoms with Crippen molar-refractivity contribution in [2.45, 2.75) is 12.5 Å². The molecule has 4 rings (SSSR count). The molecule has 0 aliphatic carbocycles. The van der Waals surface area contributed by atoms with Gasteiger partial charge in [-0.05, 0) is 41.5 Å². The van der Waals surface area contributed by atoms with Crippen molar-refractivity contribution in [3.05, 3.63) is 80.9 Å². The van der Waals surface area contributed by atoms with Crippen LogP contribution in [0.3, 0.4) is 0 Å². The maximum absolute atomic E-state index is 13.3. The van der Waals surface area contributed by atoms with Crippen LogP contribution in [-0.4, -0.2) is 22.9 Å². The summed E-state index contributed by atoms with van der Waals surface area (Å²) in [7, 11) is 1.53. The lowest BCUT2D eigenvalue weighted by molar-refractivity contribution is -0.114. The van der Waals surface area contributed by atoms with Crippen LogP contribution in [-0.2, 0) is 11.4 Å². The Labute approximate surface area is 181 Å². The van der Waals surface area contributed by atoms with E-state index >= 15 is 0 Å². The number of methoxy groups -OCH3 is 1. The summed E-state index contributed by atoms with van der Waals surface area (Å²) in [5, 5.41) is 10.9. The van der Waals surface area contributed by atoms with E-state index in [0.29, 0.717) is 27.0 Å². The second-order valence-corrected chi connectivity index (χ2v) is 8.48. The van der Waals surface area contributed by atoms with Crippen LogP contribution in [0.1, 0.15) is 22.1 Å². The zero-order chi connectivity index (χ0) is 21.1. The Hall–Kier alpha value is -2.97. The lowest BCUT2D eigenvalue weighted by Gasteiger charge is -2.11. The number of hydrogen-bond donors (Lipinski definition) is 1. The third-order valence-electron chi connectivity index (χ3n) is 4.45. The van der Waals surface area contributed by atoms with E-state index < -0.39 is 5.92 Å². The average molecular weight is 441 g/mol. The molecule has 0 spiro atoms. The number of carbonyl (C=O) groups excluding carboxylic acids is 1. The minimum Gasteiger partial charge on any atom is -0.493 e. The molecule has 30 heavy (non-hydrogen) atoms. The lowest BCUT2D eigenvalue weighted by atomic mass is 10.0. The van der Waals surface area contributed by atoms with Crippen molar-refractivity contribution >= 4 is 40.0 Å². The number of halogens is 1. The Morgan fingerprint density at radius 1 is 1.23 bits per heavy atom. The van der Waals surface area contributed by atoms with E-state index in [9.17, 15) is 9.18 Å². The number of nitrogens with one attached hydrogen (secondary N) is 1. The van der Waals surface area contributed by atoms with Crippen molar-refractivity contribution in [2.24, 2.45) is 0 Å². The van der Waals surface area contributed by atoms with Crippen LogP contribution < -0.4 is 9.47 Å². The SMILES string of the molecule is COc1cc(/C=C2\SC(=N)[C@H](c3nccs3)C2=O)ccc1OCc1cccc(F)c1. The molecule has 2 aromatic carbocycles. The summed E-state index contributed by atoms with van der Waals surface area (Å²) in [5.74, 6) is -0.0294. The predicted octanol–water partition coefficient (Wildman–Crippen LogP) is 5.29. The summed E-state index contributed by atoms with van der Waals surface area (Å²) in [4.78, 5) is 17.5. The van der Waals surface area contributed by atoms with Crippen LogP contribution in [0.4, 0.5) is 4.39 Å². The smallest absolute Gasteiger partial charge is 0.186 e. The fourth-order valence-electron chi connectivity index (χ4n) is 3.02. The molecule has 1 aliphatic rings. The summed E-state index contributed by atoms with van der Waals surface area (Å²) < 4.78 is 24.5. The summed E-state index contributed by atoms with van der Waals surface area (Å²) in [5.41, 5.74) is 1.47. The van der Waals surface area contributed by atoms with Crippen LogP contribution in [0.2, 0.25) is 0 Å². The molecule has 1 N–H and O–H groups in total. The number of carbonyl (C=O) groups is 1. The van der Waals surface area contributed by atoms with Crippen LogP contribution >= 0.6 is 23.1 Å². The number of benzene rings is 2. The van der Waals surface area contributed by atoms with Gasteiger partial charge in [0.15, 0.2) is 17.3 Å². The van der Waals surface area contributed by atoms with Gasteiger partial charge < -0.3 is 9.47 Å². The van der Waals surface area contributed by atoms with Crippen LogP contribution in [0, 0.1) is 11.2 Å². The normalized spacial score (nSPS) is 17.5. The highest BCUT2D eigenvalue weighted by Crippen LogP contribution is 2.41. The van der Waals surface area contributed by atoms with E-state index in [1.165, 1.54) is 30.6 Å². The number of thioether (sulfide) groups is 1. The number of thiazole rings is 1. The first-order valence-corrected chi connectivity index (χ1v) is 10.7. The van der Waals surface area contributed by atoms with Crippen LogP contribution in [0.5, 0.6) is 11.5 Å². The molecule has 0 bridgehead atoms. The molecular weight excluding hydrogens is 423 g/mol. The minimum atomic E-state index is -0.614. The topological polar surface area (TPSA) is 72.3 Å². The van der Waals surface area contributed by atoms with E-state index in [2.05, 4.69) is 4.98 Å². The third kappa shape index (κ3) is 4.29. The fourth-order valence-corrected chi connectivity index (χ4v) is 4.83. The van der Waals surface area contributed by atoms with E-state index in [-0.39, 0.29) is 23.3 Å². The van der Waals surface area contributed by atoms with Gasteiger partial charge in [0.2, 0.25) is 0 Å². The van der Waals surface area contributed by atoms with Crippen molar-refractivity contribution in [3.8, 4) is 11.5 Å². The molecule has 1 saturated heterocycles. The zero-order valence-electron chi connectivity index (χ0n) is 15.9. The molecular formula is C22H17FN2O3S2. The van der Waals surface area contributed by atoms with E-state index in [0.717, 1.165) is 17.3 Å². The monoisotopic (exact) mass is 440 g/mol. The number of ketones is 1. The van der Waals surface area contributed by atoms with Crippen molar-refractivity contribution in [1.82, 2.24) is 4.98 Å².